The maximum absolute atomic E-state index is 12.7. The summed E-state index contributed by atoms with van der Waals surface area (Å²) in [5, 5.41) is 9.01. The molecule has 3 aromatic rings. The van der Waals surface area contributed by atoms with Crippen LogP contribution in [0.5, 0.6) is 0 Å². The molecule has 11 heteroatoms. The molecule has 3 N–H and O–H groups in total. The Hall–Kier alpha value is -3.30. The number of hydrogen-bond acceptors (Lipinski definition) is 7. The van der Waals surface area contributed by atoms with E-state index in [0.717, 1.165) is 5.69 Å². The molecule has 1 fully saturated rings. The molecule has 1 saturated heterocycles. The smallest absolute Gasteiger partial charge is 0.276 e. The molecule has 31 heavy (non-hydrogen) atoms. The lowest BCUT2D eigenvalue weighted by molar-refractivity contribution is -0.120. The number of carbonyl (C=O) groups excluding carboxylic acids is 2. The largest absolute Gasteiger partial charge is 0.467 e. The minimum absolute atomic E-state index is 0.0199. The molecule has 9 nitrogen and oxygen atoms in total. The zero-order valence-electron chi connectivity index (χ0n) is 16.2. The number of carbonyl (C=O) groups is 2. The van der Waals surface area contributed by atoms with Crippen LogP contribution in [0, 0.1) is 0 Å². The second-order valence-electron chi connectivity index (χ2n) is 6.71. The van der Waals surface area contributed by atoms with Crippen LogP contribution in [0.3, 0.4) is 0 Å². The molecule has 1 aliphatic rings. The Bertz CT molecular complexity index is 1110. The number of anilines is 3. The van der Waals surface area contributed by atoms with Gasteiger partial charge in [0, 0.05) is 18.8 Å². The van der Waals surface area contributed by atoms with Crippen molar-refractivity contribution in [2.75, 3.05) is 35.2 Å². The van der Waals surface area contributed by atoms with Crippen molar-refractivity contribution >= 4 is 52.3 Å². The minimum Gasteiger partial charge on any atom is -0.467 e. The highest BCUT2D eigenvalue weighted by molar-refractivity contribution is 6.34. The summed E-state index contributed by atoms with van der Waals surface area (Å²) in [4.78, 5) is 34.5. The van der Waals surface area contributed by atoms with Crippen LogP contribution in [0.15, 0.2) is 47.2 Å². The van der Waals surface area contributed by atoms with Crippen molar-refractivity contribution < 1.29 is 14.0 Å². The lowest BCUT2D eigenvalue weighted by Crippen LogP contribution is -2.47. The van der Waals surface area contributed by atoms with Gasteiger partial charge in [-0.25, -0.2) is 9.97 Å². The Morgan fingerprint density at radius 1 is 1.26 bits per heavy atom. The van der Waals surface area contributed by atoms with Crippen molar-refractivity contribution in [3.63, 3.8) is 0 Å². The van der Waals surface area contributed by atoms with Crippen molar-refractivity contribution in [2.24, 2.45) is 0 Å². The van der Waals surface area contributed by atoms with E-state index in [-0.39, 0.29) is 29.1 Å². The number of aromatic nitrogens is 2. The second-order valence-corrected chi connectivity index (χ2v) is 7.53. The van der Waals surface area contributed by atoms with E-state index >= 15 is 0 Å². The SMILES string of the molecule is O=C1CN(c2ccc(NC(=O)c3nc(NCc4ccco4)ncc3Cl)cc2Cl)CCN1. The lowest BCUT2D eigenvalue weighted by atomic mass is 10.2. The molecule has 4 rings (SSSR count). The van der Waals surface area contributed by atoms with Gasteiger partial charge in [0.25, 0.3) is 5.91 Å². The fourth-order valence-corrected chi connectivity index (χ4v) is 3.54. The van der Waals surface area contributed by atoms with Gasteiger partial charge in [-0.05, 0) is 30.3 Å². The number of rotatable bonds is 6. The van der Waals surface area contributed by atoms with Crippen LogP contribution in [0.4, 0.5) is 17.3 Å². The monoisotopic (exact) mass is 460 g/mol. The van der Waals surface area contributed by atoms with Crippen LogP contribution >= 0.6 is 23.2 Å². The second kappa shape index (κ2) is 9.23. The number of nitrogens with one attached hydrogen (secondary N) is 3. The first-order valence-electron chi connectivity index (χ1n) is 9.41. The van der Waals surface area contributed by atoms with Gasteiger partial charge in [-0.1, -0.05) is 23.2 Å². The predicted octanol–water partition coefficient (Wildman–Crippen LogP) is 3.18. The third-order valence-electron chi connectivity index (χ3n) is 4.54. The van der Waals surface area contributed by atoms with Crippen molar-refractivity contribution in [1.82, 2.24) is 15.3 Å². The highest BCUT2D eigenvalue weighted by Crippen LogP contribution is 2.29. The molecule has 0 unspecified atom stereocenters. The van der Waals surface area contributed by atoms with Gasteiger partial charge in [0.15, 0.2) is 5.69 Å². The van der Waals surface area contributed by atoms with Gasteiger partial charge in [0.1, 0.15) is 5.76 Å². The summed E-state index contributed by atoms with van der Waals surface area (Å²) in [5.74, 6) is 0.373. The Morgan fingerprint density at radius 3 is 2.87 bits per heavy atom. The number of halogens is 2. The van der Waals surface area contributed by atoms with Gasteiger partial charge < -0.3 is 25.3 Å². The van der Waals surface area contributed by atoms with E-state index in [1.165, 1.54) is 6.20 Å². The molecule has 0 spiro atoms. The number of piperazine rings is 1. The average Bonchev–Trinajstić information content (AvgIpc) is 3.27. The molecular formula is C20H18Cl2N6O3. The van der Waals surface area contributed by atoms with Crippen molar-refractivity contribution in [3.05, 3.63) is 64.3 Å². The van der Waals surface area contributed by atoms with Gasteiger partial charge in [-0.2, -0.15) is 0 Å². The standard InChI is InChI=1S/C20H18Cl2N6O3/c21-14-8-12(3-4-16(14)28-6-5-23-17(29)11-28)26-19(30)18-15(22)10-25-20(27-18)24-9-13-2-1-7-31-13/h1-4,7-8,10H,5-6,9,11H2,(H,23,29)(H,26,30)(H,24,25,27). The summed E-state index contributed by atoms with van der Waals surface area (Å²) in [6, 6.07) is 8.66. The van der Waals surface area contributed by atoms with Crippen LogP contribution in [-0.2, 0) is 11.3 Å². The van der Waals surface area contributed by atoms with Gasteiger partial charge in [0.05, 0.1) is 41.3 Å². The van der Waals surface area contributed by atoms with Crippen LogP contribution in [0.1, 0.15) is 16.2 Å². The van der Waals surface area contributed by atoms with E-state index in [1.807, 2.05) is 4.90 Å². The first-order valence-corrected chi connectivity index (χ1v) is 10.2. The van der Waals surface area contributed by atoms with E-state index in [9.17, 15) is 9.59 Å². The summed E-state index contributed by atoms with van der Waals surface area (Å²) in [6.07, 6.45) is 2.92. The summed E-state index contributed by atoms with van der Waals surface area (Å²) in [5.41, 5.74) is 1.21. The van der Waals surface area contributed by atoms with Crippen LogP contribution in [0.25, 0.3) is 0 Å². The van der Waals surface area contributed by atoms with E-state index < -0.39 is 5.91 Å². The van der Waals surface area contributed by atoms with Crippen molar-refractivity contribution in [2.45, 2.75) is 6.54 Å². The normalized spacial score (nSPS) is 13.6. The molecule has 2 amide bonds. The number of hydrogen-bond donors (Lipinski definition) is 3. The van der Waals surface area contributed by atoms with Crippen LogP contribution < -0.4 is 20.9 Å². The number of nitrogens with zero attached hydrogens (tertiary/aromatic N) is 3. The molecule has 0 bridgehead atoms. The summed E-state index contributed by atoms with van der Waals surface area (Å²) >= 11 is 12.5. The Balaban J connectivity index is 1.45. The Labute approximate surface area is 187 Å². The van der Waals surface area contributed by atoms with E-state index in [1.54, 1.807) is 36.6 Å². The first kappa shape index (κ1) is 21.0. The highest BCUT2D eigenvalue weighted by atomic mass is 35.5. The molecule has 0 saturated carbocycles. The quantitative estimate of drug-likeness (QED) is 0.517. The first-order chi connectivity index (χ1) is 15.0. The number of furan rings is 1. The maximum atomic E-state index is 12.7. The van der Waals surface area contributed by atoms with Gasteiger partial charge in [0.2, 0.25) is 11.9 Å². The fraction of sp³-hybridized carbons (Fsp3) is 0.200. The molecule has 1 aromatic carbocycles. The topological polar surface area (TPSA) is 112 Å². The Kier molecular flexibility index (Phi) is 6.24. The van der Waals surface area contributed by atoms with Gasteiger partial charge in [-0.15, -0.1) is 0 Å². The third-order valence-corrected chi connectivity index (χ3v) is 5.12. The van der Waals surface area contributed by atoms with Gasteiger partial charge in [-0.3, -0.25) is 9.59 Å². The molecule has 1 aliphatic heterocycles. The molecule has 160 valence electrons. The van der Waals surface area contributed by atoms with Crippen LogP contribution in [0.2, 0.25) is 10.0 Å². The average molecular weight is 461 g/mol. The molecule has 0 atom stereocenters. The minimum atomic E-state index is -0.505. The maximum Gasteiger partial charge on any atom is 0.276 e. The van der Waals surface area contributed by atoms with Crippen LogP contribution in [-0.4, -0.2) is 41.4 Å². The molecule has 2 aromatic heterocycles. The number of amides is 2. The number of benzene rings is 1. The summed E-state index contributed by atoms with van der Waals surface area (Å²) in [7, 11) is 0. The third kappa shape index (κ3) is 5.07. The van der Waals surface area contributed by atoms with E-state index in [0.29, 0.717) is 36.1 Å². The molecule has 0 radical (unpaired) electrons. The zero-order valence-corrected chi connectivity index (χ0v) is 17.7. The zero-order chi connectivity index (χ0) is 21.8. The molecular weight excluding hydrogens is 443 g/mol. The summed E-state index contributed by atoms with van der Waals surface area (Å²) < 4.78 is 5.24. The van der Waals surface area contributed by atoms with Crippen molar-refractivity contribution in [1.29, 1.82) is 0 Å². The Morgan fingerprint density at radius 2 is 2.13 bits per heavy atom. The predicted molar refractivity (Wildman–Crippen MR) is 118 cm³/mol. The molecule has 0 aliphatic carbocycles. The van der Waals surface area contributed by atoms with Crippen molar-refractivity contribution in [3.8, 4) is 0 Å². The summed E-state index contributed by atoms with van der Waals surface area (Å²) in [6.45, 7) is 1.80. The lowest BCUT2D eigenvalue weighted by Gasteiger charge is -2.29. The van der Waals surface area contributed by atoms with E-state index in [4.69, 9.17) is 27.6 Å². The fourth-order valence-electron chi connectivity index (χ4n) is 3.07. The highest BCUT2D eigenvalue weighted by Gasteiger charge is 2.20. The van der Waals surface area contributed by atoms with E-state index in [2.05, 4.69) is 25.9 Å². The van der Waals surface area contributed by atoms with Gasteiger partial charge >= 0.3 is 0 Å². The molecule has 3 heterocycles.